The van der Waals surface area contributed by atoms with Gasteiger partial charge in [0.15, 0.2) is 12.4 Å². The molecule has 0 amide bonds. The maximum absolute atomic E-state index is 12.7. The Labute approximate surface area is 200 Å². The van der Waals surface area contributed by atoms with Crippen molar-refractivity contribution >= 4 is 5.97 Å². The number of rotatable bonds is 7. The fourth-order valence-electron chi connectivity index (χ4n) is 4.41. The molecule has 2 aliphatic heterocycles. The second kappa shape index (κ2) is 10.2. The Morgan fingerprint density at radius 1 is 1.06 bits per heavy atom. The fraction of sp³-hybridized carbons (Fsp3) is 0.522. The molecular formula is C23H28O12. The van der Waals surface area contributed by atoms with E-state index >= 15 is 0 Å². The van der Waals surface area contributed by atoms with Crippen molar-refractivity contribution in [3.63, 3.8) is 0 Å². The van der Waals surface area contributed by atoms with Crippen LogP contribution in [0.5, 0.6) is 5.75 Å². The highest BCUT2D eigenvalue weighted by Gasteiger charge is 2.57. The minimum absolute atomic E-state index is 0.210. The number of ether oxygens (including phenoxy) is 5. The predicted molar refractivity (Wildman–Crippen MR) is 115 cm³/mol. The largest absolute Gasteiger partial charge is 0.497 e. The zero-order valence-corrected chi connectivity index (χ0v) is 18.7. The van der Waals surface area contributed by atoms with Crippen LogP contribution in [-0.2, 0) is 18.9 Å². The van der Waals surface area contributed by atoms with Crippen LogP contribution in [-0.4, -0.2) is 106 Å². The Morgan fingerprint density at radius 2 is 1.77 bits per heavy atom. The highest BCUT2D eigenvalue weighted by molar-refractivity contribution is 5.89. The molecule has 192 valence electrons. The van der Waals surface area contributed by atoms with Gasteiger partial charge in [0.2, 0.25) is 6.29 Å². The molecule has 0 saturated carbocycles. The second-order valence-electron chi connectivity index (χ2n) is 8.46. The number of esters is 1. The molecule has 35 heavy (non-hydrogen) atoms. The normalized spacial score (nSPS) is 38.3. The van der Waals surface area contributed by atoms with Crippen molar-refractivity contribution in [3.8, 4) is 5.75 Å². The third-order valence-electron chi connectivity index (χ3n) is 6.40. The minimum Gasteiger partial charge on any atom is -0.497 e. The van der Waals surface area contributed by atoms with E-state index in [9.17, 15) is 35.4 Å². The Morgan fingerprint density at radius 3 is 2.40 bits per heavy atom. The minimum atomic E-state index is -1.88. The number of aliphatic hydroxyl groups excluding tert-OH is 5. The number of hydrogen-bond donors (Lipinski definition) is 6. The fourth-order valence-corrected chi connectivity index (χ4v) is 4.41. The lowest BCUT2D eigenvalue weighted by Crippen LogP contribution is -2.61. The molecule has 4 rings (SSSR count). The highest BCUT2D eigenvalue weighted by atomic mass is 16.8. The topological polar surface area (TPSA) is 185 Å². The lowest BCUT2D eigenvalue weighted by Gasteiger charge is -2.44. The van der Waals surface area contributed by atoms with Gasteiger partial charge < -0.3 is 54.3 Å². The Bertz CT molecular complexity index is 960. The standard InChI is InChI=1S/C23H28O12/c1-31-13-4-2-11(3-5-13)20(29)34-15-8-12(9-24)16-21(32-7-6-23(15,16)30)35-22-19(28)18(27)17(26)14(10-25)33-22/h2-8,14-19,21-22,24-28,30H,9-10H2,1H3. The Hall–Kier alpha value is -2.55. The first kappa shape index (κ1) is 25.5. The Balaban J connectivity index is 1.53. The monoisotopic (exact) mass is 496 g/mol. The smallest absolute Gasteiger partial charge is 0.338 e. The molecule has 9 atom stereocenters. The number of aliphatic hydroxyl groups is 6. The summed E-state index contributed by atoms with van der Waals surface area (Å²) in [4.78, 5) is 12.7. The number of methoxy groups -OCH3 is 1. The molecule has 12 nitrogen and oxygen atoms in total. The number of fused-ring (bicyclic) bond motifs is 1. The van der Waals surface area contributed by atoms with Crippen molar-refractivity contribution in [2.45, 2.75) is 48.7 Å². The van der Waals surface area contributed by atoms with Gasteiger partial charge in [-0.25, -0.2) is 4.79 Å². The molecule has 0 spiro atoms. The highest BCUT2D eigenvalue weighted by Crippen LogP contribution is 2.45. The number of hydrogen-bond acceptors (Lipinski definition) is 12. The molecule has 1 aromatic carbocycles. The molecular weight excluding hydrogens is 468 g/mol. The van der Waals surface area contributed by atoms with E-state index in [1.807, 2.05) is 0 Å². The lowest BCUT2D eigenvalue weighted by molar-refractivity contribution is -0.344. The van der Waals surface area contributed by atoms with Gasteiger partial charge >= 0.3 is 5.97 Å². The van der Waals surface area contributed by atoms with Crippen molar-refractivity contribution in [2.75, 3.05) is 20.3 Å². The van der Waals surface area contributed by atoms with Gasteiger partial charge in [-0.15, -0.1) is 0 Å². The van der Waals surface area contributed by atoms with Gasteiger partial charge in [-0.1, -0.05) is 0 Å². The van der Waals surface area contributed by atoms with E-state index in [0.717, 1.165) is 6.26 Å². The van der Waals surface area contributed by atoms with Crippen LogP contribution >= 0.6 is 0 Å². The van der Waals surface area contributed by atoms with Crippen LogP contribution in [0.15, 0.2) is 48.3 Å². The van der Waals surface area contributed by atoms with Crippen LogP contribution in [0.1, 0.15) is 10.4 Å². The van der Waals surface area contributed by atoms with Crippen LogP contribution < -0.4 is 4.74 Å². The first-order chi connectivity index (χ1) is 16.7. The third kappa shape index (κ3) is 4.67. The first-order valence-corrected chi connectivity index (χ1v) is 10.9. The van der Waals surface area contributed by atoms with Gasteiger partial charge in [0.05, 0.1) is 38.1 Å². The molecule has 0 bridgehead atoms. The van der Waals surface area contributed by atoms with E-state index in [4.69, 9.17) is 23.7 Å². The summed E-state index contributed by atoms with van der Waals surface area (Å²) in [5, 5.41) is 61.1. The molecule has 12 heteroatoms. The summed E-state index contributed by atoms with van der Waals surface area (Å²) in [6.07, 6.45) is -6.54. The number of benzene rings is 1. The van der Waals surface area contributed by atoms with Gasteiger partial charge in [-0.2, -0.15) is 0 Å². The molecule has 1 aromatic rings. The van der Waals surface area contributed by atoms with E-state index in [2.05, 4.69) is 0 Å². The average Bonchev–Trinajstić information content (AvgIpc) is 3.16. The summed E-state index contributed by atoms with van der Waals surface area (Å²) in [6.45, 7) is -1.19. The maximum atomic E-state index is 12.7. The van der Waals surface area contributed by atoms with E-state index in [1.165, 1.54) is 31.4 Å². The zero-order chi connectivity index (χ0) is 25.3. The summed E-state index contributed by atoms with van der Waals surface area (Å²) in [5.41, 5.74) is -1.43. The number of carbonyl (C=O) groups excluding carboxylic acids is 1. The summed E-state index contributed by atoms with van der Waals surface area (Å²) >= 11 is 0. The average molecular weight is 496 g/mol. The zero-order valence-electron chi connectivity index (χ0n) is 18.7. The van der Waals surface area contributed by atoms with Crippen molar-refractivity contribution < 1.29 is 59.1 Å². The van der Waals surface area contributed by atoms with Gasteiger partial charge in [-0.3, -0.25) is 0 Å². The van der Waals surface area contributed by atoms with Gasteiger partial charge in [0.25, 0.3) is 0 Å². The number of carbonyl (C=O) groups is 1. The van der Waals surface area contributed by atoms with Crippen LogP contribution in [0.2, 0.25) is 0 Å². The second-order valence-corrected chi connectivity index (χ2v) is 8.46. The third-order valence-corrected chi connectivity index (χ3v) is 6.40. The molecule has 0 aromatic heterocycles. The van der Waals surface area contributed by atoms with Crippen LogP contribution in [0, 0.1) is 5.92 Å². The van der Waals surface area contributed by atoms with E-state index in [0.29, 0.717) is 5.75 Å². The van der Waals surface area contributed by atoms with E-state index in [-0.39, 0.29) is 11.1 Å². The van der Waals surface area contributed by atoms with Gasteiger partial charge in [-0.05, 0) is 42.0 Å². The molecule has 6 N–H and O–H groups in total. The van der Waals surface area contributed by atoms with Crippen LogP contribution in [0.4, 0.5) is 0 Å². The molecule has 1 fully saturated rings. The predicted octanol–water partition coefficient (Wildman–Crippen LogP) is -1.81. The lowest BCUT2D eigenvalue weighted by atomic mass is 9.83. The van der Waals surface area contributed by atoms with Crippen molar-refractivity contribution in [1.29, 1.82) is 0 Å². The summed E-state index contributed by atoms with van der Waals surface area (Å²) in [7, 11) is 1.49. The molecule has 9 unspecified atom stereocenters. The van der Waals surface area contributed by atoms with Gasteiger partial charge in [0.1, 0.15) is 35.8 Å². The molecule has 1 saturated heterocycles. The van der Waals surface area contributed by atoms with Crippen LogP contribution in [0.25, 0.3) is 0 Å². The molecule has 3 aliphatic rings. The first-order valence-electron chi connectivity index (χ1n) is 10.9. The summed E-state index contributed by atoms with van der Waals surface area (Å²) in [5.74, 6) is -1.27. The quantitative estimate of drug-likeness (QED) is 0.184. The molecule has 0 radical (unpaired) electrons. The summed E-state index contributed by atoms with van der Waals surface area (Å²) < 4.78 is 27.1. The van der Waals surface area contributed by atoms with Crippen molar-refractivity contribution in [3.05, 3.63) is 53.8 Å². The maximum Gasteiger partial charge on any atom is 0.338 e. The van der Waals surface area contributed by atoms with Crippen LogP contribution in [0.3, 0.4) is 0 Å². The Kier molecular flexibility index (Phi) is 7.45. The van der Waals surface area contributed by atoms with E-state index < -0.39 is 73.8 Å². The molecule has 2 heterocycles. The van der Waals surface area contributed by atoms with Crippen molar-refractivity contribution in [1.82, 2.24) is 0 Å². The molecule has 1 aliphatic carbocycles. The van der Waals surface area contributed by atoms with Crippen molar-refractivity contribution in [2.24, 2.45) is 5.92 Å². The van der Waals surface area contributed by atoms with Gasteiger partial charge in [0, 0.05) is 0 Å². The SMILES string of the molecule is COc1ccc(C(=O)OC2C=C(CO)C3C(OC4OC(CO)C(O)C(O)C4O)OC=CC23O)cc1. The summed E-state index contributed by atoms with van der Waals surface area (Å²) in [6, 6.07) is 6.16. The van der Waals surface area contributed by atoms with E-state index in [1.54, 1.807) is 12.1 Å².